The Bertz CT molecular complexity index is 732. The van der Waals surface area contributed by atoms with E-state index in [1.807, 2.05) is 0 Å². The molecule has 9 heteroatoms. The number of rotatable bonds is 4. The van der Waals surface area contributed by atoms with Gasteiger partial charge in [0.15, 0.2) is 5.65 Å². The number of carbonyl (C=O) groups is 1. The second-order valence-corrected chi connectivity index (χ2v) is 6.50. The number of ether oxygens (including phenoxy) is 1. The van der Waals surface area contributed by atoms with E-state index in [-0.39, 0.29) is 0 Å². The number of likely N-dealkylation sites (tertiary alicyclic amines) is 1. The van der Waals surface area contributed by atoms with Crippen molar-refractivity contribution in [2.75, 3.05) is 39.4 Å². The van der Waals surface area contributed by atoms with Crippen molar-refractivity contribution in [3.8, 4) is 0 Å². The van der Waals surface area contributed by atoms with Gasteiger partial charge in [0.25, 0.3) is 11.7 Å². The zero-order valence-corrected chi connectivity index (χ0v) is 14.2. The Balaban J connectivity index is 1.91. The lowest BCUT2D eigenvalue weighted by Gasteiger charge is -2.50. The normalized spacial score (nSPS) is 22.7. The first-order chi connectivity index (χ1) is 12.2. The molecule has 0 spiro atoms. The fraction of sp³-hybridized carbons (Fsp3) is 0.625. The number of hydrogen-bond acceptors (Lipinski definition) is 7. The van der Waals surface area contributed by atoms with Crippen LogP contribution < -0.4 is 5.73 Å². The molecule has 2 saturated heterocycles. The van der Waals surface area contributed by atoms with Crippen molar-refractivity contribution in [2.24, 2.45) is 5.73 Å². The quantitative estimate of drug-likeness (QED) is 0.814. The highest BCUT2D eigenvalue weighted by molar-refractivity contribution is 5.84. The summed E-state index contributed by atoms with van der Waals surface area (Å²) < 4.78 is 7.18. The molecule has 134 valence electrons. The minimum absolute atomic E-state index is 0.431. The number of primary amides is 1. The van der Waals surface area contributed by atoms with Crippen LogP contribution in [0.2, 0.25) is 0 Å². The van der Waals surface area contributed by atoms with Gasteiger partial charge < -0.3 is 10.5 Å². The van der Waals surface area contributed by atoms with Crippen LogP contribution >= 0.6 is 0 Å². The molecule has 0 aliphatic carbocycles. The summed E-state index contributed by atoms with van der Waals surface area (Å²) in [6.07, 6.45) is 8.10. The van der Waals surface area contributed by atoms with Crippen molar-refractivity contribution in [3.05, 3.63) is 18.7 Å². The van der Waals surface area contributed by atoms with Crippen LogP contribution in [0.25, 0.3) is 11.0 Å². The molecule has 0 aromatic carbocycles. The number of aromatic nitrogens is 4. The first-order valence-electron chi connectivity index (χ1n) is 8.76. The molecule has 9 nitrogen and oxygen atoms in total. The molecule has 0 radical (unpaired) electrons. The maximum absolute atomic E-state index is 13.0. The third kappa shape index (κ3) is 2.59. The number of hydrogen-bond donors (Lipinski definition) is 1. The summed E-state index contributed by atoms with van der Waals surface area (Å²) in [4.78, 5) is 25.6. The predicted octanol–water partition coefficient (Wildman–Crippen LogP) is -0.260. The first-order valence-corrected chi connectivity index (χ1v) is 8.76. The van der Waals surface area contributed by atoms with Crippen LogP contribution in [0.1, 0.15) is 19.3 Å². The maximum Gasteiger partial charge on any atom is 0.276 e. The molecular weight excluding hydrogens is 322 g/mol. The number of fused-ring (bicyclic) bond motifs is 1. The molecule has 4 heterocycles. The fourth-order valence-electron chi connectivity index (χ4n) is 3.97. The molecule has 2 N–H and O–H groups in total. The Morgan fingerprint density at radius 2 is 1.80 bits per heavy atom. The lowest BCUT2D eigenvalue weighted by atomic mass is 10.1. The van der Waals surface area contributed by atoms with Gasteiger partial charge in [0, 0.05) is 32.4 Å². The monoisotopic (exact) mass is 345 g/mol. The standard InChI is InChI=1S/C16H23N7O2/c17-15(24)16(21-4-2-1-3-5-21,22-6-8-25-9-7-22)23-14-13(11-20-23)10-18-12-19-14/h10-12H,1-9H2,(H2,17,24). The Labute approximate surface area is 145 Å². The van der Waals surface area contributed by atoms with E-state index < -0.39 is 11.7 Å². The van der Waals surface area contributed by atoms with Gasteiger partial charge in [0.2, 0.25) is 0 Å². The SMILES string of the molecule is NC(=O)C(N1CCCCC1)(N1CCOCC1)n1ncc2cncnc21. The van der Waals surface area contributed by atoms with E-state index in [0.717, 1.165) is 37.7 Å². The minimum Gasteiger partial charge on any atom is -0.379 e. The molecule has 0 bridgehead atoms. The van der Waals surface area contributed by atoms with E-state index in [2.05, 4.69) is 24.9 Å². The Hall–Kier alpha value is -2.10. The molecule has 2 fully saturated rings. The van der Waals surface area contributed by atoms with Crippen LogP contribution in [0.4, 0.5) is 0 Å². The molecule has 4 rings (SSSR count). The van der Waals surface area contributed by atoms with Crippen LogP contribution in [-0.2, 0) is 15.3 Å². The van der Waals surface area contributed by atoms with Gasteiger partial charge >= 0.3 is 0 Å². The van der Waals surface area contributed by atoms with Gasteiger partial charge in [0.05, 0.1) is 24.8 Å². The van der Waals surface area contributed by atoms with Crippen LogP contribution in [0.15, 0.2) is 18.7 Å². The van der Waals surface area contributed by atoms with Crippen molar-refractivity contribution in [1.82, 2.24) is 29.5 Å². The van der Waals surface area contributed by atoms with E-state index in [1.165, 1.54) is 6.33 Å². The number of piperidine rings is 1. The second kappa shape index (κ2) is 6.66. The summed E-state index contributed by atoms with van der Waals surface area (Å²) in [7, 11) is 0. The van der Waals surface area contributed by atoms with Gasteiger partial charge in [-0.3, -0.25) is 14.6 Å². The Morgan fingerprint density at radius 3 is 2.52 bits per heavy atom. The lowest BCUT2D eigenvalue weighted by Crippen LogP contribution is -2.71. The number of nitrogens with zero attached hydrogens (tertiary/aromatic N) is 6. The van der Waals surface area contributed by atoms with Crippen molar-refractivity contribution >= 4 is 16.9 Å². The third-order valence-electron chi connectivity index (χ3n) is 5.11. The average molecular weight is 345 g/mol. The first kappa shape index (κ1) is 16.4. The summed E-state index contributed by atoms with van der Waals surface area (Å²) >= 11 is 0. The number of amides is 1. The highest BCUT2D eigenvalue weighted by atomic mass is 16.5. The van der Waals surface area contributed by atoms with Gasteiger partial charge in [-0.2, -0.15) is 5.10 Å². The molecule has 1 amide bonds. The third-order valence-corrected chi connectivity index (χ3v) is 5.11. The molecule has 2 aromatic heterocycles. The van der Waals surface area contributed by atoms with Crippen molar-refractivity contribution in [1.29, 1.82) is 0 Å². The Kier molecular flexibility index (Phi) is 4.36. The van der Waals surface area contributed by atoms with Crippen LogP contribution in [0.5, 0.6) is 0 Å². The zero-order chi connectivity index (χ0) is 17.3. The van der Waals surface area contributed by atoms with Gasteiger partial charge in [-0.15, -0.1) is 0 Å². The van der Waals surface area contributed by atoms with Crippen LogP contribution in [-0.4, -0.2) is 74.8 Å². The molecular formula is C16H23N7O2. The summed E-state index contributed by atoms with van der Waals surface area (Å²) in [6, 6.07) is 0. The summed E-state index contributed by atoms with van der Waals surface area (Å²) in [5.41, 5.74) is 6.66. The van der Waals surface area contributed by atoms with E-state index >= 15 is 0 Å². The van der Waals surface area contributed by atoms with E-state index in [0.29, 0.717) is 32.0 Å². The zero-order valence-electron chi connectivity index (χ0n) is 14.2. The molecule has 2 aromatic rings. The molecule has 1 atom stereocenters. The van der Waals surface area contributed by atoms with Crippen LogP contribution in [0, 0.1) is 0 Å². The maximum atomic E-state index is 13.0. The molecule has 0 saturated carbocycles. The van der Waals surface area contributed by atoms with Gasteiger partial charge in [0.1, 0.15) is 6.33 Å². The second-order valence-electron chi connectivity index (χ2n) is 6.50. The average Bonchev–Trinajstić information content (AvgIpc) is 3.09. The topological polar surface area (TPSA) is 102 Å². The van der Waals surface area contributed by atoms with Crippen molar-refractivity contribution in [2.45, 2.75) is 25.0 Å². The van der Waals surface area contributed by atoms with Gasteiger partial charge in [-0.1, -0.05) is 6.42 Å². The Morgan fingerprint density at radius 1 is 1.08 bits per heavy atom. The number of morpholine rings is 1. The molecule has 25 heavy (non-hydrogen) atoms. The van der Waals surface area contributed by atoms with Crippen molar-refractivity contribution in [3.63, 3.8) is 0 Å². The van der Waals surface area contributed by atoms with Gasteiger partial charge in [-0.05, 0) is 12.8 Å². The molecule has 2 aliphatic rings. The summed E-state index contributed by atoms with van der Waals surface area (Å²) in [5, 5.41) is 5.32. The minimum atomic E-state index is -1.17. The smallest absolute Gasteiger partial charge is 0.276 e. The van der Waals surface area contributed by atoms with Gasteiger partial charge in [-0.25, -0.2) is 14.6 Å². The van der Waals surface area contributed by atoms with E-state index in [4.69, 9.17) is 10.5 Å². The van der Waals surface area contributed by atoms with Crippen molar-refractivity contribution < 1.29 is 9.53 Å². The van der Waals surface area contributed by atoms with E-state index in [1.54, 1.807) is 17.1 Å². The molecule has 1 unspecified atom stereocenters. The summed E-state index contributed by atoms with van der Waals surface area (Å²) in [5.74, 6) is -1.60. The summed E-state index contributed by atoms with van der Waals surface area (Å²) in [6.45, 7) is 3.96. The predicted molar refractivity (Wildman–Crippen MR) is 90.3 cm³/mol. The highest BCUT2D eigenvalue weighted by Crippen LogP contribution is 2.32. The number of nitrogens with two attached hydrogens (primary N) is 1. The fourth-order valence-corrected chi connectivity index (χ4v) is 3.97. The van der Waals surface area contributed by atoms with E-state index in [9.17, 15) is 4.79 Å². The lowest BCUT2D eigenvalue weighted by molar-refractivity contribution is -0.180. The van der Waals surface area contributed by atoms with Crippen LogP contribution in [0.3, 0.4) is 0 Å². The largest absolute Gasteiger partial charge is 0.379 e. The highest BCUT2D eigenvalue weighted by Gasteiger charge is 2.52. The number of carbonyl (C=O) groups excluding carboxylic acids is 1. The molecule has 2 aliphatic heterocycles.